The monoisotopic (exact) mass is 419 g/mol. The van der Waals surface area contributed by atoms with Gasteiger partial charge in [-0.3, -0.25) is 14.2 Å². The number of hydrogen-bond acceptors (Lipinski definition) is 5. The molecule has 0 radical (unpaired) electrons. The fraction of sp³-hybridized carbons (Fsp3) is 0.111. The van der Waals surface area contributed by atoms with Crippen LogP contribution in [0, 0.1) is 5.82 Å². The van der Waals surface area contributed by atoms with Crippen LogP contribution in [0.25, 0.3) is 5.69 Å². The molecule has 7 nitrogen and oxygen atoms in total. The van der Waals surface area contributed by atoms with Crippen LogP contribution in [-0.4, -0.2) is 32.3 Å². The van der Waals surface area contributed by atoms with E-state index in [4.69, 9.17) is 11.6 Å². The van der Waals surface area contributed by atoms with Crippen molar-refractivity contribution in [1.29, 1.82) is 0 Å². The lowest BCUT2D eigenvalue weighted by molar-refractivity contribution is -0.114. The van der Waals surface area contributed by atoms with Crippen LogP contribution in [0.2, 0.25) is 5.02 Å². The van der Waals surface area contributed by atoms with Crippen LogP contribution in [0.15, 0.2) is 53.9 Å². The summed E-state index contributed by atoms with van der Waals surface area (Å²) in [5.41, 5.74) is 1.78. The van der Waals surface area contributed by atoms with Gasteiger partial charge in [-0.15, -0.1) is 10.2 Å². The first-order valence-electron chi connectivity index (χ1n) is 8.08. The van der Waals surface area contributed by atoms with Gasteiger partial charge in [0, 0.05) is 18.3 Å². The van der Waals surface area contributed by atoms with Gasteiger partial charge in [-0.2, -0.15) is 0 Å². The van der Waals surface area contributed by atoms with Crippen molar-refractivity contribution in [3.05, 3.63) is 59.6 Å². The summed E-state index contributed by atoms with van der Waals surface area (Å²) in [4.78, 5) is 23.4. The number of carbonyl (C=O) groups excluding carboxylic acids is 2. The van der Waals surface area contributed by atoms with Gasteiger partial charge in [-0.05, 0) is 36.4 Å². The van der Waals surface area contributed by atoms with Crippen molar-refractivity contribution in [3.63, 3.8) is 0 Å². The third-order valence-electron chi connectivity index (χ3n) is 3.50. The number of anilines is 2. The number of benzene rings is 2. The maximum atomic E-state index is 13.2. The summed E-state index contributed by atoms with van der Waals surface area (Å²) in [7, 11) is 0. The first kappa shape index (κ1) is 19.8. The minimum absolute atomic E-state index is 0.0655. The van der Waals surface area contributed by atoms with E-state index < -0.39 is 5.82 Å². The van der Waals surface area contributed by atoms with Crippen molar-refractivity contribution in [2.75, 3.05) is 16.4 Å². The molecule has 1 heterocycles. The largest absolute Gasteiger partial charge is 0.326 e. The molecule has 10 heteroatoms. The summed E-state index contributed by atoms with van der Waals surface area (Å²) in [5, 5.41) is 13.7. The van der Waals surface area contributed by atoms with Crippen molar-refractivity contribution < 1.29 is 14.0 Å². The maximum Gasteiger partial charge on any atom is 0.234 e. The fourth-order valence-electron chi connectivity index (χ4n) is 2.34. The summed E-state index contributed by atoms with van der Waals surface area (Å²) in [6.07, 6.45) is 1.52. The number of nitrogens with one attached hydrogen (secondary N) is 2. The van der Waals surface area contributed by atoms with Crippen molar-refractivity contribution >= 4 is 46.6 Å². The Balaban J connectivity index is 1.66. The van der Waals surface area contributed by atoms with Crippen LogP contribution in [0.1, 0.15) is 6.92 Å². The minimum Gasteiger partial charge on any atom is -0.326 e. The third-order valence-corrected chi connectivity index (χ3v) is 4.73. The molecule has 0 saturated heterocycles. The second-order valence-electron chi connectivity index (χ2n) is 5.68. The van der Waals surface area contributed by atoms with E-state index in [-0.39, 0.29) is 22.6 Å². The van der Waals surface area contributed by atoms with Gasteiger partial charge < -0.3 is 10.6 Å². The van der Waals surface area contributed by atoms with Crippen LogP contribution < -0.4 is 10.6 Å². The Kier molecular flexibility index (Phi) is 6.27. The summed E-state index contributed by atoms with van der Waals surface area (Å²) in [6.45, 7) is 1.43. The van der Waals surface area contributed by atoms with Crippen molar-refractivity contribution in [2.24, 2.45) is 0 Å². The number of nitrogens with zero attached hydrogens (tertiary/aromatic N) is 3. The fourth-order valence-corrected chi connectivity index (χ4v) is 3.25. The summed E-state index contributed by atoms with van der Waals surface area (Å²) >= 11 is 6.90. The van der Waals surface area contributed by atoms with E-state index in [1.165, 1.54) is 43.2 Å². The highest BCUT2D eigenvalue weighted by Crippen LogP contribution is 2.23. The number of thioether (sulfide) groups is 1. The molecule has 2 amide bonds. The second-order valence-corrected chi connectivity index (χ2v) is 7.03. The Hall–Kier alpha value is -2.91. The number of halogens is 2. The highest BCUT2D eigenvalue weighted by molar-refractivity contribution is 7.99. The highest BCUT2D eigenvalue weighted by atomic mass is 35.5. The zero-order valence-electron chi connectivity index (χ0n) is 14.6. The lowest BCUT2D eigenvalue weighted by Gasteiger charge is -2.09. The van der Waals surface area contributed by atoms with Crippen LogP contribution in [0.3, 0.4) is 0 Å². The Bertz CT molecular complexity index is 1030. The lowest BCUT2D eigenvalue weighted by atomic mass is 10.2. The van der Waals surface area contributed by atoms with E-state index in [2.05, 4.69) is 20.8 Å². The molecule has 0 aliphatic carbocycles. The first-order chi connectivity index (χ1) is 13.4. The van der Waals surface area contributed by atoms with E-state index in [0.717, 1.165) is 5.69 Å². The predicted octanol–water partition coefficient (Wildman–Crippen LogP) is 3.75. The van der Waals surface area contributed by atoms with Crippen LogP contribution in [0.4, 0.5) is 15.8 Å². The molecule has 0 atom stereocenters. The highest BCUT2D eigenvalue weighted by Gasteiger charge is 2.12. The van der Waals surface area contributed by atoms with Gasteiger partial charge in [-0.1, -0.05) is 29.4 Å². The molecule has 0 unspecified atom stereocenters. The molecule has 3 rings (SSSR count). The summed E-state index contributed by atoms with van der Waals surface area (Å²) in [6, 6.07) is 11.1. The summed E-state index contributed by atoms with van der Waals surface area (Å²) in [5.74, 6) is -0.954. The maximum absolute atomic E-state index is 13.2. The van der Waals surface area contributed by atoms with Gasteiger partial charge in [0.15, 0.2) is 5.16 Å². The Morgan fingerprint density at radius 1 is 1.18 bits per heavy atom. The van der Waals surface area contributed by atoms with Gasteiger partial charge in [0.25, 0.3) is 0 Å². The quantitative estimate of drug-likeness (QED) is 0.594. The number of rotatable bonds is 6. The smallest absolute Gasteiger partial charge is 0.234 e. The van der Waals surface area contributed by atoms with Crippen LogP contribution in [0.5, 0.6) is 0 Å². The average molecular weight is 420 g/mol. The third kappa shape index (κ3) is 5.08. The number of hydrogen-bond donors (Lipinski definition) is 2. The number of amides is 2. The predicted molar refractivity (Wildman–Crippen MR) is 106 cm³/mol. The molecule has 0 fully saturated rings. The molecule has 2 aromatic carbocycles. The molecule has 3 aromatic rings. The van der Waals surface area contributed by atoms with Crippen molar-refractivity contribution in [2.45, 2.75) is 12.1 Å². The lowest BCUT2D eigenvalue weighted by Crippen LogP contribution is -2.14. The van der Waals surface area contributed by atoms with E-state index in [9.17, 15) is 14.0 Å². The molecular formula is C18H15ClFN5O2S. The molecule has 0 aliphatic rings. The summed E-state index contributed by atoms with van der Waals surface area (Å²) < 4.78 is 14.9. The van der Waals surface area contributed by atoms with Gasteiger partial charge in [0.2, 0.25) is 11.8 Å². The molecule has 0 aliphatic heterocycles. The molecule has 1 aromatic heterocycles. The van der Waals surface area contributed by atoms with Crippen molar-refractivity contribution in [3.8, 4) is 5.69 Å². The van der Waals surface area contributed by atoms with Gasteiger partial charge in [-0.25, -0.2) is 4.39 Å². The molecule has 28 heavy (non-hydrogen) atoms. The molecule has 0 bridgehead atoms. The van der Waals surface area contributed by atoms with Gasteiger partial charge in [0.1, 0.15) is 12.1 Å². The van der Waals surface area contributed by atoms with Crippen molar-refractivity contribution in [1.82, 2.24) is 14.8 Å². The first-order valence-corrected chi connectivity index (χ1v) is 9.44. The van der Waals surface area contributed by atoms with E-state index in [1.807, 2.05) is 6.07 Å². The zero-order valence-corrected chi connectivity index (χ0v) is 16.2. The zero-order chi connectivity index (χ0) is 20.1. The van der Waals surface area contributed by atoms with E-state index in [1.54, 1.807) is 22.8 Å². The Labute approximate surface area is 169 Å². The molecule has 0 spiro atoms. The van der Waals surface area contributed by atoms with Gasteiger partial charge in [0.05, 0.1) is 16.5 Å². The van der Waals surface area contributed by atoms with Crippen LogP contribution >= 0.6 is 23.4 Å². The van der Waals surface area contributed by atoms with E-state index >= 15 is 0 Å². The number of aromatic nitrogens is 3. The Morgan fingerprint density at radius 3 is 2.71 bits per heavy atom. The molecule has 0 saturated carbocycles. The van der Waals surface area contributed by atoms with Crippen LogP contribution in [-0.2, 0) is 9.59 Å². The Morgan fingerprint density at radius 2 is 1.96 bits per heavy atom. The topological polar surface area (TPSA) is 88.9 Å². The molecular weight excluding hydrogens is 405 g/mol. The molecule has 2 N–H and O–H groups in total. The second kappa shape index (κ2) is 8.85. The minimum atomic E-state index is -0.552. The normalized spacial score (nSPS) is 10.5. The number of carbonyl (C=O) groups is 2. The molecule has 144 valence electrons. The standard InChI is InChI=1S/C18H15ClFN5O2S/c1-11(26)22-12-3-2-4-14(7-12)25-10-21-24-18(25)28-9-17(27)23-13-5-6-16(20)15(19)8-13/h2-8,10H,9H2,1H3,(H,22,26)(H,23,27). The average Bonchev–Trinajstić information content (AvgIpc) is 3.11. The SMILES string of the molecule is CC(=O)Nc1cccc(-n2cnnc2SCC(=O)Nc2ccc(F)c(Cl)c2)c1. The van der Waals surface area contributed by atoms with E-state index in [0.29, 0.717) is 16.5 Å². The van der Waals surface area contributed by atoms with Gasteiger partial charge >= 0.3 is 0 Å².